The van der Waals surface area contributed by atoms with Crippen LogP contribution in [0.25, 0.3) is 0 Å². The van der Waals surface area contributed by atoms with Crippen LogP contribution in [0, 0.1) is 5.92 Å². The number of piperazine rings is 1. The molecule has 2 aliphatic rings. The van der Waals surface area contributed by atoms with Gasteiger partial charge >= 0.3 is 0 Å². The minimum Gasteiger partial charge on any atom is -0.395 e. The van der Waals surface area contributed by atoms with Gasteiger partial charge in [0.15, 0.2) is 0 Å². The number of aliphatic hydroxyl groups is 1. The zero-order valence-corrected chi connectivity index (χ0v) is 10.1. The fourth-order valence-electron chi connectivity index (χ4n) is 2.40. The average Bonchev–Trinajstić information content (AvgIpc) is 3.15. The number of aliphatic hydroxyl groups excluding tert-OH is 1. The van der Waals surface area contributed by atoms with E-state index in [-0.39, 0.29) is 12.6 Å². The second kappa shape index (κ2) is 5.15. The van der Waals surface area contributed by atoms with Crippen molar-refractivity contribution < 1.29 is 9.90 Å². The molecule has 16 heavy (non-hydrogen) atoms. The fraction of sp³-hybridized carbons (Fsp3) is 0.917. The van der Waals surface area contributed by atoms with Gasteiger partial charge in [0.25, 0.3) is 0 Å². The van der Waals surface area contributed by atoms with Crippen molar-refractivity contribution in [3.63, 3.8) is 0 Å². The molecule has 1 N–H and O–H groups in total. The van der Waals surface area contributed by atoms with E-state index >= 15 is 0 Å². The summed E-state index contributed by atoms with van der Waals surface area (Å²) in [7, 11) is 0. The van der Waals surface area contributed by atoms with Crippen LogP contribution < -0.4 is 0 Å². The zero-order chi connectivity index (χ0) is 11.5. The summed E-state index contributed by atoms with van der Waals surface area (Å²) in [5.74, 6) is 0.697. The van der Waals surface area contributed by atoms with Crippen molar-refractivity contribution in [1.29, 1.82) is 0 Å². The molecule has 1 atom stereocenters. The van der Waals surface area contributed by atoms with Gasteiger partial charge in [-0.2, -0.15) is 0 Å². The van der Waals surface area contributed by atoms with Crippen molar-refractivity contribution in [2.24, 2.45) is 5.92 Å². The maximum absolute atomic E-state index is 11.8. The molecule has 1 aliphatic heterocycles. The van der Waals surface area contributed by atoms with E-state index in [1.165, 1.54) is 0 Å². The minimum absolute atomic E-state index is 0.229. The third kappa shape index (κ3) is 2.55. The van der Waals surface area contributed by atoms with Crippen molar-refractivity contribution in [1.82, 2.24) is 9.80 Å². The molecule has 0 spiro atoms. The Morgan fingerprint density at radius 2 is 1.94 bits per heavy atom. The van der Waals surface area contributed by atoms with Crippen molar-refractivity contribution in [2.45, 2.75) is 32.2 Å². The predicted octanol–water partition coefficient (Wildman–Crippen LogP) is 0.311. The van der Waals surface area contributed by atoms with E-state index in [9.17, 15) is 9.90 Å². The summed E-state index contributed by atoms with van der Waals surface area (Å²) in [6.07, 6.45) is 3.16. The van der Waals surface area contributed by atoms with Crippen molar-refractivity contribution in [2.75, 3.05) is 32.8 Å². The Balaban J connectivity index is 1.79. The average molecular weight is 226 g/mol. The second-order valence-electron chi connectivity index (χ2n) is 4.88. The SMILES string of the molecule is CCC(CO)N1CCN(C(=O)C2CC2)CC1. The van der Waals surface area contributed by atoms with Crippen LogP contribution in [0.4, 0.5) is 0 Å². The molecule has 1 heterocycles. The molecule has 1 unspecified atom stereocenters. The molecule has 0 aromatic rings. The van der Waals surface area contributed by atoms with Gasteiger partial charge in [-0.05, 0) is 19.3 Å². The number of hydrogen-bond donors (Lipinski definition) is 1. The van der Waals surface area contributed by atoms with Gasteiger partial charge in [0, 0.05) is 38.1 Å². The lowest BCUT2D eigenvalue weighted by Crippen LogP contribution is -2.53. The van der Waals surface area contributed by atoms with Crippen LogP contribution in [0.5, 0.6) is 0 Å². The molecule has 4 heteroatoms. The second-order valence-corrected chi connectivity index (χ2v) is 4.88. The first-order chi connectivity index (χ1) is 7.76. The van der Waals surface area contributed by atoms with Gasteiger partial charge in [-0.15, -0.1) is 0 Å². The molecular weight excluding hydrogens is 204 g/mol. The summed E-state index contributed by atoms with van der Waals surface area (Å²) in [6, 6.07) is 0.276. The molecule has 1 aliphatic carbocycles. The van der Waals surface area contributed by atoms with E-state index in [1.54, 1.807) is 0 Å². The molecule has 2 fully saturated rings. The number of hydrogen-bond acceptors (Lipinski definition) is 3. The summed E-state index contributed by atoms with van der Waals surface area (Å²) in [5.41, 5.74) is 0. The van der Waals surface area contributed by atoms with Crippen molar-refractivity contribution in [3.05, 3.63) is 0 Å². The first-order valence-electron chi connectivity index (χ1n) is 6.40. The van der Waals surface area contributed by atoms with Crippen LogP contribution in [0.2, 0.25) is 0 Å². The van der Waals surface area contributed by atoms with Crippen LogP contribution in [-0.4, -0.2) is 59.6 Å². The molecule has 2 rings (SSSR count). The van der Waals surface area contributed by atoms with E-state index in [0.29, 0.717) is 11.8 Å². The van der Waals surface area contributed by atoms with E-state index in [0.717, 1.165) is 45.4 Å². The maximum Gasteiger partial charge on any atom is 0.225 e. The van der Waals surface area contributed by atoms with Crippen LogP contribution in [0.1, 0.15) is 26.2 Å². The number of amides is 1. The predicted molar refractivity (Wildman–Crippen MR) is 62.0 cm³/mol. The van der Waals surface area contributed by atoms with E-state index in [2.05, 4.69) is 11.8 Å². The van der Waals surface area contributed by atoms with E-state index in [4.69, 9.17) is 0 Å². The Morgan fingerprint density at radius 1 is 1.31 bits per heavy atom. The molecule has 0 bridgehead atoms. The van der Waals surface area contributed by atoms with Crippen LogP contribution in [0.3, 0.4) is 0 Å². The van der Waals surface area contributed by atoms with Gasteiger partial charge in [-0.3, -0.25) is 9.69 Å². The summed E-state index contributed by atoms with van der Waals surface area (Å²) < 4.78 is 0. The Kier molecular flexibility index (Phi) is 3.82. The third-order valence-corrected chi connectivity index (χ3v) is 3.75. The normalized spacial score (nSPS) is 24.5. The van der Waals surface area contributed by atoms with Gasteiger partial charge in [0.1, 0.15) is 0 Å². The summed E-state index contributed by atoms with van der Waals surface area (Å²) in [4.78, 5) is 16.1. The smallest absolute Gasteiger partial charge is 0.225 e. The molecule has 92 valence electrons. The molecule has 1 saturated heterocycles. The van der Waals surface area contributed by atoms with Gasteiger partial charge in [0.2, 0.25) is 5.91 Å². The Bertz CT molecular complexity index is 241. The van der Waals surface area contributed by atoms with Crippen molar-refractivity contribution in [3.8, 4) is 0 Å². The first kappa shape index (κ1) is 11.9. The highest BCUT2D eigenvalue weighted by atomic mass is 16.3. The van der Waals surface area contributed by atoms with Crippen LogP contribution in [0.15, 0.2) is 0 Å². The Morgan fingerprint density at radius 3 is 2.38 bits per heavy atom. The monoisotopic (exact) mass is 226 g/mol. The third-order valence-electron chi connectivity index (χ3n) is 3.75. The molecule has 1 amide bonds. The van der Waals surface area contributed by atoms with Gasteiger partial charge < -0.3 is 10.0 Å². The number of carbonyl (C=O) groups excluding carboxylic acids is 1. The van der Waals surface area contributed by atoms with Gasteiger partial charge in [-0.1, -0.05) is 6.92 Å². The Hall–Kier alpha value is -0.610. The maximum atomic E-state index is 11.8. The molecule has 0 aromatic heterocycles. The standard InChI is InChI=1S/C12H22N2O2/c1-2-11(9-15)13-5-7-14(8-6-13)12(16)10-3-4-10/h10-11,15H,2-9H2,1H3. The fourth-order valence-corrected chi connectivity index (χ4v) is 2.40. The number of carbonyl (C=O) groups is 1. The lowest BCUT2D eigenvalue weighted by atomic mass is 10.1. The zero-order valence-electron chi connectivity index (χ0n) is 10.1. The van der Waals surface area contributed by atoms with Crippen molar-refractivity contribution >= 4 is 5.91 Å². The molecule has 0 aromatic carbocycles. The molecule has 0 radical (unpaired) electrons. The minimum atomic E-state index is 0.229. The highest BCUT2D eigenvalue weighted by molar-refractivity contribution is 5.81. The van der Waals surface area contributed by atoms with Gasteiger partial charge in [0.05, 0.1) is 6.61 Å². The first-order valence-corrected chi connectivity index (χ1v) is 6.40. The quantitative estimate of drug-likeness (QED) is 0.750. The van der Waals surface area contributed by atoms with Crippen LogP contribution >= 0.6 is 0 Å². The number of rotatable bonds is 4. The molecular formula is C12H22N2O2. The highest BCUT2D eigenvalue weighted by Gasteiger charge is 2.35. The van der Waals surface area contributed by atoms with Crippen LogP contribution in [-0.2, 0) is 4.79 Å². The summed E-state index contributed by atoms with van der Waals surface area (Å²) >= 11 is 0. The number of nitrogens with zero attached hydrogens (tertiary/aromatic N) is 2. The van der Waals surface area contributed by atoms with Gasteiger partial charge in [-0.25, -0.2) is 0 Å². The lowest BCUT2D eigenvalue weighted by molar-refractivity contribution is -0.134. The van der Waals surface area contributed by atoms with E-state index in [1.807, 2.05) is 4.90 Å². The summed E-state index contributed by atoms with van der Waals surface area (Å²) in [6.45, 7) is 5.84. The summed E-state index contributed by atoms with van der Waals surface area (Å²) in [5, 5.41) is 9.23. The molecule has 1 saturated carbocycles. The Labute approximate surface area is 97.2 Å². The van der Waals surface area contributed by atoms with E-state index < -0.39 is 0 Å². The largest absolute Gasteiger partial charge is 0.395 e. The topological polar surface area (TPSA) is 43.8 Å². The lowest BCUT2D eigenvalue weighted by Gasteiger charge is -2.38. The molecule has 4 nitrogen and oxygen atoms in total. The highest BCUT2D eigenvalue weighted by Crippen LogP contribution is 2.31.